The number of aromatic nitrogens is 3. The molecule has 0 spiro atoms. The zero-order valence-corrected chi connectivity index (χ0v) is 19.4. The predicted octanol–water partition coefficient (Wildman–Crippen LogP) is 3.75. The van der Waals surface area contributed by atoms with E-state index in [9.17, 15) is 4.79 Å². The van der Waals surface area contributed by atoms with E-state index in [0.29, 0.717) is 44.4 Å². The van der Waals surface area contributed by atoms with Gasteiger partial charge in [-0.3, -0.25) is 9.48 Å². The summed E-state index contributed by atoms with van der Waals surface area (Å²) in [6.45, 7) is 2.79. The Balaban J connectivity index is 1.37. The van der Waals surface area contributed by atoms with Crippen molar-refractivity contribution in [2.75, 3.05) is 26.4 Å². The molecule has 1 amide bonds. The van der Waals surface area contributed by atoms with E-state index in [4.69, 9.17) is 19.2 Å². The molecule has 4 heterocycles. The van der Waals surface area contributed by atoms with Crippen LogP contribution in [-0.2, 0) is 22.6 Å². The maximum absolute atomic E-state index is 13.0. The maximum atomic E-state index is 13.0. The smallest absolute Gasteiger partial charge is 0.244 e. The molecule has 0 unspecified atom stereocenters. The van der Waals surface area contributed by atoms with Crippen LogP contribution in [0.5, 0.6) is 11.5 Å². The second kappa shape index (κ2) is 9.08. The van der Waals surface area contributed by atoms with Crippen LogP contribution in [0.2, 0.25) is 0 Å². The van der Waals surface area contributed by atoms with Crippen molar-refractivity contribution >= 4 is 27.5 Å². The number of carbonyl (C=O) groups excluding carboxylic acids is 1. The molecule has 0 N–H and O–H groups in total. The fraction of sp³-hybridized carbons (Fsp3) is 0.320. The molecule has 6 rings (SSSR count). The quantitative estimate of drug-likeness (QED) is 0.437. The molecule has 0 radical (unpaired) electrons. The summed E-state index contributed by atoms with van der Waals surface area (Å²) in [5.41, 5.74) is 2.84. The number of benzene rings is 2. The zero-order chi connectivity index (χ0) is 22.9. The van der Waals surface area contributed by atoms with Gasteiger partial charge in [0.05, 0.1) is 30.0 Å². The highest BCUT2D eigenvalue weighted by atomic mass is 32.1. The molecule has 1 atom stereocenters. The second-order valence-electron chi connectivity index (χ2n) is 8.42. The van der Waals surface area contributed by atoms with Gasteiger partial charge in [-0.05, 0) is 30.3 Å². The summed E-state index contributed by atoms with van der Waals surface area (Å²) in [6, 6.07) is 14.0. The van der Waals surface area contributed by atoms with Crippen LogP contribution >= 0.6 is 11.3 Å². The first-order chi connectivity index (χ1) is 16.7. The van der Waals surface area contributed by atoms with Gasteiger partial charge in [-0.2, -0.15) is 5.10 Å². The van der Waals surface area contributed by atoms with Gasteiger partial charge in [0.15, 0.2) is 11.5 Å². The Labute approximate surface area is 200 Å². The van der Waals surface area contributed by atoms with Crippen molar-refractivity contribution < 1.29 is 19.0 Å². The summed E-state index contributed by atoms with van der Waals surface area (Å²) in [5.74, 6) is 1.38. The predicted molar refractivity (Wildman–Crippen MR) is 128 cm³/mol. The molecule has 4 aromatic rings. The van der Waals surface area contributed by atoms with E-state index in [1.165, 1.54) is 0 Å². The van der Waals surface area contributed by atoms with Gasteiger partial charge < -0.3 is 19.1 Å². The normalized spacial score (nSPS) is 17.9. The third-order valence-electron chi connectivity index (χ3n) is 6.03. The summed E-state index contributed by atoms with van der Waals surface area (Å²) in [6.07, 6.45) is 4.30. The first-order valence-corrected chi connectivity index (χ1v) is 12.2. The number of carbonyl (C=O) groups is 1. The number of para-hydroxylation sites is 1. The van der Waals surface area contributed by atoms with Gasteiger partial charge in [-0.15, -0.1) is 11.3 Å². The van der Waals surface area contributed by atoms with Crippen LogP contribution in [0, 0.1) is 0 Å². The Morgan fingerprint density at radius 2 is 2.15 bits per heavy atom. The molecule has 0 aliphatic carbocycles. The lowest BCUT2D eigenvalue weighted by Crippen LogP contribution is -2.35. The van der Waals surface area contributed by atoms with Crippen molar-refractivity contribution in [2.24, 2.45) is 0 Å². The van der Waals surface area contributed by atoms with Gasteiger partial charge in [0.1, 0.15) is 24.3 Å². The highest BCUT2D eigenvalue weighted by Crippen LogP contribution is 2.41. The van der Waals surface area contributed by atoms with Crippen molar-refractivity contribution in [3.63, 3.8) is 0 Å². The lowest BCUT2D eigenvalue weighted by atomic mass is 10.1. The average Bonchev–Trinajstić information content (AvgIpc) is 3.59. The van der Waals surface area contributed by atoms with Crippen molar-refractivity contribution in [1.29, 1.82) is 0 Å². The van der Waals surface area contributed by atoms with Crippen molar-refractivity contribution in [1.82, 2.24) is 19.7 Å². The van der Waals surface area contributed by atoms with Crippen LogP contribution in [-0.4, -0.2) is 58.0 Å². The Kier molecular flexibility index (Phi) is 5.64. The lowest BCUT2D eigenvalue weighted by molar-refractivity contribution is -0.132. The van der Waals surface area contributed by atoms with Crippen LogP contribution in [0.15, 0.2) is 54.9 Å². The molecule has 2 aromatic heterocycles. The fourth-order valence-electron chi connectivity index (χ4n) is 4.32. The monoisotopic (exact) mass is 476 g/mol. The maximum Gasteiger partial charge on any atom is 0.244 e. The number of amides is 1. The van der Waals surface area contributed by atoms with E-state index in [1.807, 2.05) is 35.2 Å². The molecular formula is C25H24N4O4S. The van der Waals surface area contributed by atoms with Crippen LogP contribution in [0.4, 0.5) is 0 Å². The minimum Gasteiger partial charge on any atom is -0.487 e. The number of hydrogen-bond donors (Lipinski definition) is 0. The van der Waals surface area contributed by atoms with E-state index in [0.717, 1.165) is 32.8 Å². The number of hydrogen-bond acceptors (Lipinski definition) is 7. The fourth-order valence-corrected chi connectivity index (χ4v) is 5.27. The molecule has 2 aliphatic rings. The molecule has 9 heteroatoms. The van der Waals surface area contributed by atoms with Crippen LogP contribution in [0.25, 0.3) is 20.8 Å². The molecular weight excluding hydrogens is 452 g/mol. The van der Waals surface area contributed by atoms with Gasteiger partial charge in [-0.25, -0.2) is 4.98 Å². The van der Waals surface area contributed by atoms with Crippen molar-refractivity contribution in [2.45, 2.75) is 25.6 Å². The molecule has 2 aliphatic heterocycles. The largest absolute Gasteiger partial charge is 0.487 e. The Morgan fingerprint density at radius 1 is 1.21 bits per heavy atom. The minimum absolute atomic E-state index is 0.00259. The topological polar surface area (TPSA) is 78.7 Å². The molecule has 0 saturated carbocycles. The van der Waals surface area contributed by atoms with Gasteiger partial charge >= 0.3 is 0 Å². The number of thiazole rings is 1. The van der Waals surface area contributed by atoms with Gasteiger partial charge in [0.25, 0.3) is 0 Å². The Morgan fingerprint density at radius 3 is 2.97 bits per heavy atom. The number of ether oxygens (including phenoxy) is 3. The van der Waals surface area contributed by atoms with Gasteiger partial charge in [0.2, 0.25) is 5.91 Å². The Hall–Kier alpha value is -3.43. The molecule has 0 bridgehead atoms. The summed E-state index contributed by atoms with van der Waals surface area (Å²) in [7, 11) is 0. The van der Waals surface area contributed by atoms with Crippen LogP contribution < -0.4 is 9.47 Å². The lowest BCUT2D eigenvalue weighted by Gasteiger charge is -2.21. The van der Waals surface area contributed by atoms with E-state index in [1.54, 1.807) is 28.4 Å². The third kappa shape index (κ3) is 4.24. The highest BCUT2D eigenvalue weighted by molar-refractivity contribution is 7.21. The molecule has 1 saturated heterocycles. The number of rotatable bonds is 5. The number of fused-ring (bicyclic) bond motifs is 2. The molecule has 8 nitrogen and oxygen atoms in total. The first-order valence-electron chi connectivity index (χ1n) is 11.4. The van der Waals surface area contributed by atoms with E-state index < -0.39 is 0 Å². The summed E-state index contributed by atoms with van der Waals surface area (Å²) >= 11 is 1.64. The second-order valence-corrected chi connectivity index (χ2v) is 9.45. The Bertz CT molecular complexity index is 1280. The van der Waals surface area contributed by atoms with E-state index >= 15 is 0 Å². The average molecular weight is 477 g/mol. The molecule has 34 heavy (non-hydrogen) atoms. The van der Waals surface area contributed by atoms with E-state index in [-0.39, 0.29) is 18.6 Å². The summed E-state index contributed by atoms with van der Waals surface area (Å²) in [5, 5.41) is 5.08. The third-order valence-corrected chi connectivity index (χ3v) is 7.12. The molecule has 174 valence electrons. The zero-order valence-electron chi connectivity index (χ0n) is 18.6. The summed E-state index contributed by atoms with van der Waals surface area (Å²) in [4.78, 5) is 19.7. The molecule has 1 fully saturated rings. The van der Waals surface area contributed by atoms with Gasteiger partial charge in [-0.1, -0.05) is 12.1 Å². The standard InChI is InChI=1S/C25H24N4O4S/c30-23(15-29-8-3-7-26-29)28-9-11-32-24-18(14-28)12-17(13-21(24)33-19-6-10-31-16-19)25-27-20-4-1-2-5-22(20)34-25/h1-5,7-8,12-13,19H,6,9-11,14-16H2/t19-/m0/s1. The highest BCUT2D eigenvalue weighted by Gasteiger charge is 2.27. The number of nitrogens with zero attached hydrogens (tertiary/aromatic N) is 4. The van der Waals surface area contributed by atoms with Crippen LogP contribution in [0.1, 0.15) is 12.0 Å². The van der Waals surface area contributed by atoms with Crippen molar-refractivity contribution in [3.05, 3.63) is 60.4 Å². The first kappa shape index (κ1) is 21.1. The van der Waals surface area contributed by atoms with Crippen LogP contribution in [0.3, 0.4) is 0 Å². The van der Waals surface area contributed by atoms with E-state index in [2.05, 4.69) is 17.2 Å². The minimum atomic E-state index is -0.0147. The SMILES string of the molecule is O=C(Cn1cccn1)N1CCOc2c(cc(-c3nc4ccccc4s3)cc2O[C@H]2CCOC2)C1. The summed E-state index contributed by atoms with van der Waals surface area (Å²) < 4.78 is 20.8. The van der Waals surface area contributed by atoms with Gasteiger partial charge in [0, 0.05) is 36.5 Å². The molecule has 2 aromatic carbocycles. The van der Waals surface area contributed by atoms with Crippen molar-refractivity contribution in [3.8, 4) is 22.1 Å².